The van der Waals surface area contributed by atoms with Gasteiger partial charge in [-0.05, 0) is 43.7 Å². The van der Waals surface area contributed by atoms with E-state index in [9.17, 15) is 0 Å². The number of para-hydroxylation sites is 1. The lowest BCUT2D eigenvalue weighted by molar-refractivity contribution is 0.235. The van der Waals surface area contributed by atoms with Crippen LogP contribution < -0.4 is 5.32 Å². The van der Waals surface area contributed by atoms with Crippen molar-refractivity contribution in [2.24, 2.45) is 0 Å². The fourth-order valence-electron chi connectivity index (χ4n) is 2.75. The van der Waals surface area contributed by atoms with Crippen molar-refractivity contribution in [3.8, 4) is 0 Å². The molecule has 2 heterocycles. The first-order valence-corrected chi connectivity index (χ1v) is 8.18. The number of benzene rings is 1. The maximum Gasteiger partial charge on any atom is 0.0931 e. The standard InChI is InChI=1S/C16H19ClN2S/c1-19(11-14-8-9-16(17)20-14)13-7-6-12-4-2-3-5-15(12)18-10-13/h2-5,8-9,13,18H,6-7,10-11H2,1H3. The van der Waals surface area contributed by atoms with E-state index in [2.05, 4.69) is 47.6 Å². The number of rotatable bonds is 3. The van der Waals surface area contributed by atoms with Crippen LogP contribution in [0.4, 0.5) is 5.69 Å². The van der Waals surface area contributed by atoms with Gasteiger partial charge in [0.25, 0.3) is 0 Å². The quantitative estimate of drug-likeness (QED) is 0.911. The molecule has 0 amide bonds. The summed E-state index contributed by atoms with van der Waals surface area (Å²) in [6.45, 7) is 1.98. The van der Waals surface area contributed by atoms with Crippen LogP contribution in [0.2, 0.25) is 4.34 Å². The summed E-state index contributed by atoms with van der Waals surface area (Å²) in [7, 11) is 2.20. The molecule has 1 unspecified atom stereocenters. The van der Waals surface area contributed by atoms with E-state index in [-0.39, 0.29) is 0 Å². The summed E-state index contributed by atoms with van der Waals surface area (Å²) in [6.07, 6.45) is 2.34. The van der Waals surface area contributed by atoms with Crippen LogP contribution in [0.25, 0.3) is 0 Å². The number of hydrogen-bond acceptors (Lipinski definition) is 3. The summed E-state index contributed by atoms with van der Waals surface area (Å²) in [5.41, 5.74) is 2.73. The summed E-state index contributed by atoms with van der Waals surface area (Å²) in [5, 5.41) is 3.58. The minimum atomic E-state index is 0.559. The fourth-order valence-corrected chi connectivity index (χ4v) is 3.90. The zero-order chi connectivity index (χ0) is 13.9. The van der Waals surface area contributed by atoms with E-state index >= 15 is 0 Å². The van der Waals surface area contributed by atoms with Crippen molar-refractivity contribution in [3.63, 3.8) is 0 Å². The van der Waals surface area contributed by atoms with Gasteiger partial charge >= 0.3 is 0 Å². The average molecular weight is 307 g/mol. The number of anilines is 1. The molecule has 0 radical (unpaired) electrons. The van der Waals surface area contributed by atoms with Gasteiger partial charge in [0.15, 0.2) is 0 Å². The summed E-state index contributed by atoms with van der Waals surface area (Å²) >= 11 is 7.68. The van der Waals surface area contributed by atoms with E-state index in [1.165, 1.54) is 22.5 Å². The first-order chi connectivity index (χ1) is 9.72. The van der Waals surface area contributed by atoms with Gasteiger partial charge in [-0.1, -0.05) is 29.8 Å². The lowest BCUT2D eigenvalue weighted by atomic mass is 10.1. The monoisotopic (exact) mass is 306 g/mol. The first-order valence-electron chi connectivity index (χ1n) is 6.98. The van der Waals surface area contributed by atoms with Gasteiger partial charge < -0.3 is 5.32 Å². The molecule has 1 aliphatic rings. The molecule has 4 heteroatoms. The molecule has 0 aliphatic carbocycles. The van der Waals surface area contributed by atoms with Crippen molar-refractivity contribution >= 4 is 28.6 Å². The Bertz CT molecular complexity index is 554. The van der Waals surface area contributed by atoms with E-state index in [0.29, 0.717) is 6.04 Å². The summed E-state index contributed by atoms with van der Waals surface area (Å²) in [4.78, 5) is 3.76. The predicted octanol–water partition coefficient (Wildman–Crippen LogP) is 4.26. The number of nitrogens with zero attached hydrogens (tertiary/aromatic N) is 1. The highest BCUT2D eigenvalue weighted by Crippen LogP contribution is 2.26. The van der Waals surface area contributed by atoms with Crippen LogP contribution in [0.15, 0.2) is 36.4 Å². The second kappa shape index (κ2) is 6.17. The Morgan fingerprint density at radius 1 is 1.30 bits per heavy atom. The molecular formula is C16H19ClN2S. The Morgan fingerprint density at radius 2 is 2.15 bits per heavy atom. The zero-order valence-electron chi connectivity index (χ0n) is 11.6. The highest BCUT2D eigenvalue weighted by molar-refractivity contribution is 7.16. The molecule has 1 aromatic heterocycles. The number of hydrogen-bond donors (Lipinski definition) is 1. The topological polar surface area (TPSA) is 15.3 Å². The van der Waals surface area contributed by atoms with Gasteiger partial charge in [0.05, 0.1) is 4.34 Å². The Hall–Kier alpha value is -1.03. The molecule has 1 aliphatic heterocycles. The maximum absolute atomic E-state index is 6.00. The highest BCUT2D eigenvalue weighted by Gasteiger charge is 2.19. The van der Waals surface area contributed by atoms with E-state index in [1.807, 2.05) is 6.07 Å². The third-order valence-corrected chi connectivity index (χ3v) is 5.17. The number of halogens is 1. The van der Waals surface area contributed by atoms with Gasteiger partial charge in [-0.25, -0.2) is 0 Å². The fraction of sp³-hybridized carbons (Fsp3) is 0.375. The minimum Gasteiger partial charge on any atom is -0.383 e. The van der Waals surface area contributed by atoms with Gasteiger partial charge in [-0.3, -0.25) is 4.90 Å². The largest absolute Gasteiger partial charge is 0.383 e. The SMILES string of the molecule is CN(Cc1ccc(Cl)s1)C1CCc2ccccc2NC1. The number of likely N-dealkylation sites (N-methyl/N-ethyl adjacent to an activating group) is 1. The second-order valence-corrected chi connectivity index (χ2v) is 7.15. The predicted molar refractivity (Wildman–Crippen MR) is 87.8 cm³/mol. The van der Waals surface area contributed by atoms with Crippen molar-refractivity contribution < 1.29 is 0 Å². The van der Waals surface area contributed by atoms with E-state index < -0.39 is 0 Å². The molecule has 1 atom stereocenters. The Morgan fingerprint density at radius 3 is 2.95 bits per heavy atom. The molecule has 0 saturated heterocycles. The molecule has 2 nitrogen and oxygen atoms in total. The lowest BCUT2D eigenvalue weighted by Gasteiger charge is -2.26. The minimum absolute atomic E-state index is 0.559. The van der Waals surface area contributed by atoms with Crippen LogP contribution in [0.5, 0.6) is 0 Å². The molecule has 0 bridgehead atoms. The number of nitrogens with one attached hydrogen (secondary N) is 1. The van der Waals surface area contributed by atoms with Crippen LogP contribution in [-0.2, 0) is 13.0 Å². The van der Waals surface area contributed by atoms with Crippen molar-refractivity contribution in [2.75, 3.05) is 18.9 Å². The zero-order valence-corrected chi connectivity index (χ0v) is 13.2. The molecule has 0 fully saturated rings. The maximum atomic E-state index is 6.00. The lowest BCUT2D eigenvalue weighted by Crippen LogP contribution is -2.36. The Kier molecular flexibility index (Phi) is 4.29. The summed E-state index contributed by atoms with van der Waals surface area (Å²) < 4.78 is 0.875. The van der Waals surface area contributed by atoms with Gasteiger partial charge in [0.2, 0.25) is 0 Å². The van der Waals surface area contributed by atoms with Crippen LogP contribution >= 0.6 is 22.9 Å². The number of aryl methyl sites for hydroxylation is 1. The van der Waals surface area contributed by atoms with Crippen molar-refractivity contribution in [3.05, 3.63) is 51.2 Å². The Labute approximate surface area is 129 Å². The molecule has 106 valence electrons. The molecule has 1 N–H and O–H groups in total. The van der Waals surface area contributed by atoms with Gasteiger partial charge in [0.1, 0.15) is 0 Å². The smallest absolute Gasteiger partial charge is 0.0931 e. The summed E-state index contributed by atoms with van der Waals surface area (Å²) in [6, 6.07) is 13.3. The molecule has 3 rings (SSSR count). The van der Waals surface area contributed by atoms with Crippen molar-refractivity contribution in [1.82, 2.24) is 4.90 Å². The third-order valence-electron chi connectivity index (χ3n) is 3.95. The van der Waals surface area contributed by atoms with Gasteiger partial charge in [-0.2, -0.15) is 0 Å². The van der Waals surface area contributed by atoms with E-state index in [0.717, 1.165) is 23.8 Å². The molecule has 0 spiro atoms. The first kappa shape index (κ1) is 13.9. The third kappa shape index (κ3) is 3.17. The number of thiophene rings is 1. The van der Waals surface area contributed by atoms with Gasteiger partial charge in [0, 0.05) is 29.7 Å². The van der Waals surface area contributed by atoms with E-state index in [1.54, 1.807) is 11.3 Å². The molecule has 1 aromatic carbocycles. The number of fused-ring (bicyclic) bond motifs is 1. The van der Waals surface area contributed by atoms with Gasteiger partial charge in [-0.15, -0.1) is 11.3 Å². The molecule has 0 saturated carbocycles. The average Bonchev–Trinajstić information content (AvgIpc) is 2.74. The van der Waals surface area contributed by atoms with Crippen LogP contribution in [-0.4, -0.2) is 24.5 Å². The van der Waals surface area contributed by atoms with E-state index in [4.69, 9.17) is 11.6 Å². The highest BCUT2D eigenvalue weighted by atomic mass is 35.5. The molecule has 2 aromatic rings. The van der Waals surface area contributed by atoms with Crippen LogP contribution in [0.3, 0.4) is 0 Å². The van der Waals surface area contributed by atoms with Crippen LogP contribution in [0, 0.1) is 0 Å². The molecular weight excluding hydrogens is 288 g/mol. The Balaban J connectivity index is 1.64. The summed E-state index contributed by atoms with van der Waals surface area (Å²) in [5.74, 6) is 0. The van der Waals surface area contributed by atoms with Crippen LogP contribution in [0.1, 0.15) is 16.9 Å². The molecule has 20 heavy (non-hydrogen) atoms. The normalized spacial score (nSPS) is 18.4. The van der Waals surface area contributed by atoms with Crippen molar-refractivity contribution in [1.29, 1.82) is 0 Å². The van der Waals surface area contributed by atoms with Crippen molar-refractivity contribution in [2.45, 2.75) is 25.4 Å². The second-order valence-electron chi connectivity index (χ2n) is 5.35.